The lowest BCUT2D eigenvalue weighted by molar-refractivity contribution is -0.118. The first kappa shape index (κ1) is 14.5. The highest BCUT2D eigenvalue weighted by Crippen LogP contribution is 2.51. The number of nitrogens with one attached hydrogen (secondary N) is 1. The highest BCUT2D eigenvalue weighted by Gasteiger charge is 2.51. The minimum Gasteiger partial charge on any atom is -0.454 e. The van der Waals surface area contributed by atoms with Gasteiger partial charge in [0.1, 0.15) is 0 Å². The first-order valence-electron chi connectivity index (χ1n) is 7.42. The van der Waals surface area contributed by atoms with E-state index in [0.29, 0.717) is 11.4 Å². The van der Waals surface area contributed by atoms with Gasteiger partial charge in [-0.1, -0.05) is 6.07 Å². The Morgan fingerprint density at radius 2 is 2.04 bits per heavy atom. The van der Waals surface area contributed by atoms with Gasteiger partial charge < -0.3 is 14.8 Å². The van der Waals surface area contributed by atoms with Gasteiger partial charge >= 0.3 is 0 Å². The van der Waals surface area contributed by atoms with Crippen LogP contribution in [0.3, 0.4) is 0 Å². The Morgan fingerprint density at radius 3 is 2.78 bits per heavy atom. The number of carbonyl (C=O) groups is 1. The van der Waals surface area contributed by atoms with Gasteiger partial charge in [-0.2, -0.15) is 0 Å². The molecule has 1 amide bonds. The topological polar surface area (TPSA) is 60.5 Å². The Kier molecular flexibility index (Phi) is 3.30. The second kappa shape index (κ2) is 5.23. The molecule has 0 unspecified atom stereocenters. The lowest BCUT2D eigenvalue weighted by atomic mass is 9.94. The first-order chi connectivity index (χ1) is 11.1. The van der Waals surface area contributed by atoms with Gasteiger partial charge in [0.2, 0.25) is 12.7 Å². The molecule has 2 aliphatic rings. The summed E-state index contributed by atoms with van der Waals surface area (Å²) in [5.41, 5.74) is 2.08. The molecule has 2 aromatic rings. The molecule has 6 heteroatoms. The molecule has 5 nitrogen and oxygen atoms in total. The molecule has 1 aromatic carbocycles. The predicted octanol–water partition coefficient (Wildman–Crippen LogP) is 3.55. The van der Waals surface area contributed by atoms with Crippen molar-refractivity contribution in [3.63, 3.8) is 0 Å². The number of ether oxygens (including phenoxy) is 2. The summed E-state index contributed by atoms with van der Waals surface area (Å²) in [4.78, 5) is 17.0. The summed E-state index contributed by atoms with van der Waals surface area (Å²) >= 11 is 3.44. The molecule has 1 saturated carbocycles. The number of nitrogens with zero attached hydrogens (tertiary/aromatic N) is 1. The van der Waals surface area contributed by atoms with Gasteiger partial charge in [-0.15, -0.1) is 0 Å². The standard InChI is InChI=1S/C17H15BrN2O3/c1-10-13(18)7-12(8-19-10)20-16(21)17(4-5-17)11-2-3-14-15(6-11)23-9-22-14/h2-3,6-8H,4-5,9H2,1H3,(H,20,21). The molecule has 1 aromatic heterocycles. The fraction of sp³-hybridized carbons (Fsp3) is 0.294. The summed E-state index contributed by atoms with van der Waals surface area (Å²) in [6.45, 7) is 2.14. The number of aryl methyl sites for hydroxylation is 1. The van der Waals surface area contributed by atoms with E-state index in [-0.39, 0.29) is 12.7 Å². The van der Waals surface area contributed by atoms with Gasteiger partial charge in [0, 0.05) is 4.47 Å². The normalized spacial score (nSPS) is 17.0. The van der Waals surface area contributed by atoms with Crippen LogP contribution in [0.15, 0.2) is 34.9 Å². The van der Waals surface area contributed by atoms with Crippen molar-refractivity contribution in [2.75, 3.05) is 12.1 Å². The van der Waals surface area contributed by atoms with Gasteiger partial charge in [0.25, 0.3) is 0 Å². The summed E-state index contributed by atoms with van der Waals surface area (Å²) in [5, 5.41) is 2.98. The van der Waals surface area contributed by atoms with E-state index in [1.165, 1.54) is 0 Å². The second-order valence-electron chi connectivity index (χ2n) is 5.90. The Morgan fingerprint density at radius 1 is 1.26 bits per heavy atom. The van der Waals surface area contributed by atoms with E-state index in [4.69, 9.17) is 9.47 Å². The molecule has 0 atom stereocenters. The van der Waals surface area contributed by atoms with Crippen LogP contribution in [0.1, 0.15) is 24.1 Å². The van der Waals surface area contributed by atoms with Gasteiger partial charge in [0.05, 0.1) is 23.0 Å². The third-order valence-corrected chi connectivity index (χ3v) is 5.20. The zero-order chi connectivity index (χ0) is 16.0. The summed E-state index contributed by atoms with van der Waals surface area (Å²) in [5.74, 6) is 1.44. The Balaban J connectivity index is 1.59. The fourth-order valence-corrected chi connectivity index (χ4v) is 3.14. The summed E-state index contributed by atoms with van der Waals surface area (Å²) in [6.07, 6.45) is 3.34. The fourth-order valence-electron chi connectivity index (χ4n) is 2.79. The number of aromatic nitrogens is 1. The predicted molar refractivity (Wildman–Crippen MR) is 88.8 cm³/mol. The minimum atomic E-state index is -0.474. The van der Waals surface area contributed by atoms with E-state index in [1.54, 1.807) is 6.20 Å². The van der Waals surface area contributed by atoms with Crippen LogP contribution in [-0.4, -0.2) is 17.7 Å². The number of halogens is 1. The molecule has 0 saturated heterocycles. The molecule has 0 spiro atoms. The number of rotatable bonds is 3. The summed E-state index contributed by atoms with van der Waals surface area (Å²) < 4.78 is 11.6. The van der Waals surface area contributed by atoms with Crippen molar-refractivity contribution in [2.45, 2.75) is 25.2 Å². The van der Waals surface area contributed by atoms with Crippen LogP contribution in [0.5, 0.6) is 11.5 Å². The third kappa shape index (κ3) is 2.47. The largest absolute Gasteiger partial charge is 0.454 e. The number of hydrogen-bond donors (Lipinski definition) is 1. The van der Waals surface area contributed by atoms with Crippen LogP contribution in [0, 0.1) is 6.92 Å². The molecular weight excluding hydrogens is 360 g/mol. The maximum atomic E-state index is 12.8. The SMILES string of the molecule is Cc1ncc(NC(=O)C2(c3ccc4c(c3)OCO4)CC2)cc1Br. The number of carbonyl (C=O) groups excluding carboxylic acids is 1. The zero-order valence-corrected chi connectivity index (χ0v) is 14.1. The molecule has 2 heterocycles. The van der Waals surface area contributed by atoms with E-state index in [0.717, 1.165) is 34.3 Å². The van der Waals surface area contributed by atoms with Crippen molar-refractivity contribution in [1.82, 2.24) is 4.98 Å². The van der Waals surface area contributed by atoms with Gasteiger partial charge in [-0.25, -0.2) is 0 Å². The monoisotopic (exact) mass is 374 g/mol. The maximum absolute atomic E-state index is 12.8. The average Bonchev–Trinajstić information content (AvgIpc) is 3.22. The van der Waals surface area contributed by atoms with E-state index >= 15 is 0 Å². The molecule has 0 bridgehead atoms. The van der Waals surface area contributed by atoms with Crippen LogP contribution in [0.4, 0.5) is 5.69 Å². The number of pyridine rings is 1. The van der Waals surface area contributed by atoms with Crippen molar-refractivity contribution in [3.05, 3.63) is 46.2 Å². The number of anilines is 1. The van der Waals surface area contributed by atoms with Crippen LogP contribution in [-0.2, 0) is 10.2 Å². The minimum absolute atomic E-state index is 0.00563. The van der Waals surface area contributed by atoms with Crippen molar-refractivity contribution in [2.24, 2.45) is 0 Å². The summed E-state index contributed by atoms with van der Waals surface area (Å²) in [7, 11) is 0. The van der Waals surface area contributed by atoms with Crippen molar-refractivity contribution >= 4 is 27.5 Å². The number of benzene rings is 1. The number of amides is 1. The zero-order valence-electron chi connectivity index (χ0n) is 12.6. The molecule has 0 radical (unpaired) electrons. The molecule has 1 fully saturated rings. The van der Waals surface area contributed by atoms with E-state index in [9.17, 15) is 4.79 Å². The number of hydrogen-bond acceptors (Lipinski definition) is 4. The molecule has 4 rings (SSSR count). The molecule has 1 N–H and O–H groups in total. The third-order valence-electron chi connectivity index (χ3n) is 4.39. The molecule has 1 aliphatic carbocycles. The van der Waals surface area contributed by atoms with E-state index < -0.39 is 5.41 Å². The van der Waals surface area contributed by atoms with Crippen molar-refractivity contribution in [1.29, 1.82) is 0 Å². The van der Waals surface area contributed by atoms with Crippen molar-refractivity contribution in [3.8, 4) is 11.5 Å². The van der Waals surface area contributed by atoms with Crippen molar-refractivity contribution < 1.29 is 14.3 Å². The quantitative estimate of drug-likeness (QED) is 0.892. The summed E-state index contributed by atoms with van der Waals surface area (Å²) in [6, 6.07) is 7.60. The van der Waals surface area contributed by atoms with Gasteiger partial charge in [-0.05, 0) is 59.5 Å². The Hall–Kier alpha value is -2.08. The average molecular weight is 375 g/mol. The first-order valence-corrected chi connectivity index (χ1v) is 8.21. The lowest BCUT2D eigenvalue weighted by Gasteiger charge is -2.16. The highest BCUT2D eigenvalue weighted by molar-refractivity contribution is 9.10. The number of fused-ring (bicyclic) bond motifs is 1. The van der Waals surface area contributed by atoms with E-state index in [1.807, 2.05) is 31.2 Å². The molecule has 1 aliphatic heterocycles. The highest BCUT2D eigenvalue weighted by atomic mass is 79.9. The lowest BCUT2D eigenvalue weighted by Crippen LogP contribution is -2.27. The van der Waals surface area contributed by atoms with E-state index in [2.05, 4.69) is 26.2 Å². The van der Waals surface area contributed by atoms with Gasteiger partial charge in [0.15, 0.2) is 11.5 Å². The Labute approximate surface area is 142 Å². The van der Waals surface area contributed by atoms with Crippen LogP contribution >= 0.6 is 15.9 Å². The smallest absolute Gasteiger partial charge is 0.235 e. The van der Waals surface area contributed by atoms with Crippen LogP contribution in [0.2, 0.25) is 0 Å². The van der Waals surface area contributed by atoms with Gasteiger partial charge in [-0.3, -0.25) is 9.78 Å². The second-order valence-corrected chi connectivity index (χ2v) is 6.75. The van der Waals surface area contributed by atoms with Crippen LogP contribution in [0.25, 0.3) is 0 Å². The molecule has 23 heavy (non-hydrogen) atoms. The molecule has 118 valence electrons. The molecular formula is C17H15BrN2O3. The Bertz CT molecular complexity index is 802. The van der Waals surface area contributed by atoms with Crippen LogP contribution < -0.4 is 14.8 Å². The maximum Gasteiger partial charge on any atom is 0.235 e.